The Balaban J connectivity index is 2.04. The van der Waals surface area contributed by atoms with Gasteiger partial charge in [0.25, 0.3) is 0 Å². The molecular weight excluding hydrogens is 286 g/mol. The third-order valence-corrected chi connectivity index (χ3v) is 3.66. The van der Waals surface area contributed by atoms with Crippen molar-refractivity contribution >= 4 is 0 Å². The number of nitrogens with zero attached hydrogens (tertiary/aromatic N) is 3. The molecule has 1 heterocycles. The minimum Gasteiger partial charge on any atom is -0.497 e. The van der Waals surface area contributed by atoms with Crippen LogP contribution in [0.4, 0.5) is 0 Å². The zero-order valence-corrected chi connectivity index (χ0v) is 13.7. The second-order valence-corrected chi connectivity index (χ2v) is 5.75. The lowest BCUT2D eigenvalue weighted by Crippen LogP contribution is -2.10. The number of hydrogen-bond donors (Lipinski definition) is 0. The summed E-state index contributed by atoms with van der Waals surface area (Å²) in [5.74, 6) is 0.852. The van der Waals surface area contributed by atoms with Crippen LogP contribution in [0.15, 0.2) is 60.8 Å². The summed E-state index contributed by atoms with van der Waals surface area (Å²) in [4.78, 5) is 2.15. The molecule has 23 heavy (non-hydrogen) atoms. The molecule has 0 N–H and O–H groups in total. The first-order valence-corrected chi connectivity index (χ1v) is 7.60. The number of rotatable bonds is 5. The smallest absolute Gasteiger partial charge is 0.118 e. The van der Waals surface area contributed by atoms with Crippen LogP contribution in [-0.4, -0.2) is 35.9 Å². The largest absolute Gasteiger partial charge is 0.497 e. The van der Waals surface area contributed by atoms with Gasteiger partial charge in [0.05, 0.1) is 18.5 Å². The van der Waals surface area contributed by atoms with Crippen LogP contribution in [0.2, 0.25) is 0 Å². The quantitative estimate of drug-likeness (QED) is 0.721. The monoisotopic (exact) mass is 307 g/mol. The van der Waals surface area contributed by atoms with Crippen LogP contribution >= 0.6 is 0 Å². The number of ether oxygens (including phenoxy) is 1. The molecule has 3 aromatic rings. The molecule has 2 aromatic carbocycles. The molecule has 1 aromatic heterocycles. The van der Waals surface area contributed by atoms with Gasteiger partial charge >= 0.3 is 0 Å². The summed E-state index contributed by atoms with van der Waals surface area (Å²) >= 11 is 0. The standard InChI is InChI=1S/C19H21N3O/c1-21(2)13-16-14-22(17-7-5-4-6-8-17)20-19(16)15-9-11-18(23-3)12-10-15/h4-12,14H,13H2,1-3H3. The van der Waals surface area contributed by atoms with Gasteiger partial charge < -0.3 is 9.64 Å². The first-order chi connectivity index (χ1) is 11.2. The molecule has 0 aliphatic rings. The second-order valence-electron chi connectivity index (χ2n) is 5.75. The number of methoxy groups -OCH3 is 1. The highest BCUT2D eigenvalue weighted by Crippen LogP contribution is 2.26. The maximum atomic E-state index is 5.24. The normalized spacial score (nSPS) is 11.0. The number of benzene rings is 2. The van der Waals surface area contributed by atoms with Crippen molar-refractivity contribution in [3.05, 3.63) is 66.4 Å². The van der Waals surface area contributed by atoms with Gasteiger partial charge in [0.1, 0.15) is 5.75 Å². The van der Waals surface area contributed by atoms with E-state index in [0.717, 1.165) is 29.2 Å². The molecule has 0 saturated heterocycles. The Morgan fingerprint density at radius 2 is 1.70 bits per heavy atom. The number of para-hydroxylation sites is 1. The molecule has 0 spiro atoms. The number of hydrogen-bond acceptors (Lipinski definition) is 3. The summed E-state index contributed by atoms with van der Waals surface area (Å²) in [6.07, 6.45) is 2.11. The van der Waals surface area contributed by atoms with Gasteiger partial charge in [-0.1, -0.05) is 18.2 Å². The van der Waals surface area contributed by atoms with Crippen LogP contribution in [0.5, 0.6) is 5.75 Å². The maximum absolute atomic E-state index is 5.24. The van der Waals surface area contributed by atoms with E-state index in [1.165, 1.54) is 5.56 Å². The number of aromatic nitrogens is 2. The summed E-state index contributed by atoms with van der Waals surface area (Å²) < 4.78 is 7.18. The third-order valence-electron chi connectivity index (χ3n) is 3.66. The molecule has 0 aliphatic carbocycles. The third kappa shape index (κ3) is 3.43. The Hall–Kier alpha value is -2.59. The van der Waals surface area contributed by atoms with Crippen LogP contribution < -0.4 is 4.74 Å². The fourth-order valence-electron chi connectivity index (χ4n) is 2.57. The first-order valence-electron chi connectivity index (χ1n) is 7.60. The van der Waals surface area contributed by atoms with Gasteiger partial charge in [-0.3, -0.25) is 0 Å². The van der Waals surface area contributed by atoms with Gasteiger partial charge in [-0.15, -0.1) is 0 Å². The fourth-order valence-corrected chi connectivity index (χ4v) is 2.57. The average Bonchev–Trinajstić information content (AvgIpc) is 2.99. The van der Waals surface area contributed by atoms with Crippen molar-refractivity contribution in [3.63, 3.8) is 0 Å². The molecule has 118 valence electrons. The van der Waals surface area contributed by atoms with Crippen molar-refractivity contribution < 1.29 is 4.74 Å². The summed E-state index contributed by atoms with van der Waals surface area (Å²) in [7, 11) is 5.81. The lowest BCUT2D eigenvalue weighted by Gasteiger charge is -2.09. The zero-order chi connectivity index (χ0) is 16.2. The van der Waals surface area contributed by atoms with Crippen molar-refractivity contribution in [3.8, 4) is 22.7 Å². The van der Waals surface area contributed by atoms with Gasteiger partial charge in [0.2, 0.25) is 0 Å². The van der Waals surface area contributed by atoms with Crippen molar-refractivity contribution in [2.75, 3.05) is 21.2 Å². The first kappa shape index (κ1) is 15.3. The van der Waals surface area contributed by atoms with Gasteiger partial charge in [-0.2, -0.15) is 5.10 Å². The summed E-state index contributed by atoms with van der Waals surface area (Å²) in [6, 6.07) is 18.2. The lowest BCUT2D eigenvalue weighted by atomic mass is 10.1. The van der Waals surface area contributed by atoms with Gasteiger partial charge in [-0.25, -0.2) is 4.68 Å². The average molecular weight is 307 g/mol. The summed E-state index contributed by atoms with van der Waals surface area (Å²) in [5, 5.41) is 4.81. The molecule has 0 fully saturated rings. The van der Waals surface area contributed by atoms with Gasteiger partial charge in [0.15, 0.2) is 0 Å². The molecule has 4 heteroatoms. The molecule has 0 amide bonds. The van der Waals surface area contributed by atoms with E-state index in [1.807, 2.05) is 35.0 Å². The van der Waals surface area contributed by atoms with E-state index < -0.39 is 0 Å². The van der Waals surface area contributed by atoms with E-state index in [2.05, 4.69) is 49.5 Å². The van der Waals surface area contributed by atoms with E-state index in [-0.39, 0.29) is 0 Å². The van der Waals surface area contributed by atoms with Crippen LogP contribution in [0.25, 0.3) is 16.9 Å². The lowest BCUT2D eigenvalue weighted by molar-refractivity contribution is 0.403. The van der Waals surface area contributed by atoms with Crippen LogP contribution in [0, 0.1) is 0 Å². The zero-order valence-electron chi connectivity index (χ0n) is 13.7. The minimum atomic E-state index is 0.841. The molecule has 0 saturated carbocycles. The molecule has 0 bridgehead atoms. The van der Waals surface area contributed by atoms with E-state index in [1.54, 1.807) is 7.11 Å². The van der Waals surface area contributed by atoms with Crippen molar-refractivity contribution in [1.82, 2.24) is 14.7 Å². The Morgan fingerprint density at radius 3 is 2.30 bits per heavy atom. The highest BCUT2D eigenvalue weighted by Gasteiger charge is 2.13. The molecule has 3 rings (SSSR count). The van der Waals surface area contributed by atoms with Crippen LogP contribution in [0.1, 0.15) is 5.56 Å². The molecular formula is C19H21N3O. The van der Waals surface area contributed by atoms with Crippen molar-refractivity contribution in [2.45, 2.75) is 6.54 Å². The van der Waals surface area contributed by atoms with Crippen molar-refractivity contribution in [1.29, 1.82) is 0 Å². The van der Waals surface area contributed by atoms with E-state index in [0.29, 0.717) is 0 Å². The Kier molecular flexibility index (Phi) is 4.44. The fraction of sp³-hybridized carbons (Fsp3) is 0.211. The minimum absolute atomic E-state index is 0.841. The molecule has 0 radical (unpaired) electrons. The second kappa shape index (κ2) is 6.67. The van der Waals surface area contributed by atoms with E-state index >= 15 is 0 Å². The van der Waals surface area contributed by atoms with Crippen molar-refractivity contribution in [2.24, 2.45) is 0 Å². The SMILES string of the molecule is COc1ccc(-c2nn(-c3ccccc3)cc2CN(C)C)cc1. The Labute approximate surface area is 136 Å². The van der Waals surface area contributed by atoms with E-state index in [4.69, 9.17) is 9.84 Å². The van der Waals surface area contributed by atoms with Crippen LogP contribution in [-0.2, 0) is 6.54 Å². The van der Waals surface area contributed by atoms with Gasteiger partial charge in [-0.05, 0) is 50.5 Å². The molecule has 0 aliphatic heterocycles. The predicted octanol–water partition coefficient (Wildman–Crippen LogP) is 3.61. The summed E-state index contributed by atoms with van der Waals surface area (Å²) in [6.45, 7) is 0.841. The molecule has 0 unspecified atom stereocenters. The van der Waals surface area contributed by atoms with Gasteiger partial charge in [0, 0.05) is 23.9 Å². The topological polar surface area (TPSA) is 30.3 Å². The summed E-state index contributed by atoms with van der Waals surface area (Å²) in [5.41, 5.74) is 4.36. The van der Waals surface area contributed by atoms with Crippen LogP contribution in [0.3, 0.4) is 0 Å². The molecule has 4 nitrogen and oxygen atoms in total. The molecule has 0 atom stereocenters. The Bertz CT molecular complexity index is 761. The Morgan fingerprint density at radius 1 is 1.00 bits per heavy atom. The highest BCUT2D eigenvalue weighted by molar-refractivity contribution is 5.64. The highest BCUT2D eigenvalue weighted by atomic mass is 16.5. The predicted molar refractivity (Wildman–Crippen MR) is 92.9 cm³/mol. The van der Waals surface area contributed by atoms with E-state index in [9.17, 15) is 0 Å². The maximum Gasteiger partial charge on any atom is 0.118 e.